The summed E-state index contributed by atoms with van der Waals surface area (Å²) in [5, 5.41) is 5.46. The highest BCUT2D eigenvalue weighted by molar-refractivity contribution is 7.88. The van der Waals surface area contributed by atoms with Gasteiger partial charge in [-0.2, -0.15) is 0 Å². The van der Waals surface area contributed by atoms with Gasteiger partial charge in [-0.25, -0.2) is 13.1 Å². The molecule has 0 aromatic heterocycles. The molecule has 0 radical (unpaired) electrons. The van der Waals surface area contributed by atoms with Gasteiger partial charge in [-0.3, -0.25) is 9.59 Å². The molecule has 0 saturated carbocycles. The van der Waals surface area contributed by atoms with E-state index in [-0.39, 0.29) is 19.1 Å². The first-order chi connectivity index (χ1) is 12.8. The van der Waals surface area contributed by atoms with Crippen molar-refractivity contribution in [1.29, 1.82) is 0 Å². The quantitative estimate of drug-likeness (QED) is 0.659. The summed E-state index contributed by atoms with van der Waals surface area (Å²) in [6.45, 7) is 0.682. The van der Waals surface area contributed by atoms with E-state index in [1.165, 1.54) is 7.11 Å². The highest BCUT2D eigenvalue weighted by Crippen LogP contribution is 2.25. The maximum absolute atomic E-state index is 12.4. The van der Waals surface area contributed by atoms with E-state index in [2.05, 4.69) is 15.4 Å². The van der Waals surface area contributed by atoms with E-state index in [1.54, 1.807) is 18.2 Å². The first-order valence-corrected chi connectivity index (χ1v) is 10.5. The van der Waals surface area contributed by atoms with Gasteiger partial charge in [0.2, 0.25) is 15.9 Å². The second kappa shape index (κ2) is 9.56. The monoisotopic (exact) mass is 399 g/mol. The molecule has 27 heavy (non-hydrogen) atoms. The van der Waals surface area contributed by atoms with Crippen LogP contribution >= 0.6 is 0 Å². The summed E-state index contributed by atoms with van der Waals surface area (Å²) < 4.78 is 36.1. The Bertz CT molecular complexity index is 781. The van der Waals surface area contributed by atoms with Crippen molar-refractivity contribution >= 4 is 21.8 Å². The predicted molar refractivity (Wildman–Crippen MR) is 99.5 cm³/mol. The minimum Gasteiger partial charge on any atom is -0.497 e. The van der Waals surface area contributed by atoms with Crippen LogP contribution in [0.15, 0.2) is 18.2 Å². The number of carbonyl (C=O) groups excluding carboxylic acids is 2. The number of sulfonamides is 1. The Hall–Kier alpha value is -2.33. The Balaban J connectivity index is 2.13. The standard InChI is InChI=1S/C17H25N3O6S/c1-25-12-6-7-13-15(11-12)26-10-9-19-17(22)14(20-27(2,23)24)5-3-4-8-18-16(13)21/h6-7,11,14,20H,3-5,8-10H2,1-2H3,(H,18,21)(H,19,22)/t14-/m0/s1. The molecule has 150 valence electrons. The highest BCUT2D eigenvalue weighted by Gasteiger charge is 2.22. The van der Waals surface area contributed by atoms with Crippen LogP contribution in [0.1, 0.15) is 29.6 Å². The third kappa shape index (κ3) is 6.72. The molecule has 0 fully saturated rings. The SMILES string of the molecule is COc1ccc2c(c1)OCCNC(=O)[C@@H](NS(C)(=O)=O)CCCCNC2=O. The topological polar surface area (TPSA) is 123 Å². The molecule has 1 aromatic rings. The Kier molecular flexibility index (Phi) is 7.43. The minimum absolute atomic E-state index is 0.116. The van der Waals surface area contributed by atoms with Crippen LogP contribution in [0.4, 0.5) is 0 Å². The fourth-order valence-corrected chi connectivity index (χ4v) is 3.41. The van der Waals surface area contributed by atoms with E-state index in [4.69, 9.17) is 9.47 Å². The number of hydrogen-bond donors (Lipinski definition) is 3. The number of rotatable bonds is 3. The van der Waals surface area contributed by atoms with Crippen molar-refractivity contribution in [3.63, 3.8) is 0 Å². The van der Waals surface area contributed by atoms with E-state index >= 15 is 0 Å². The summed E-state index contributed by atoms with van der Waals surface area (Å²) in [6.07, 6.45) is 2.53. The first kappa shape index (κ1) is 21.0. The maximum Gasteiger partial charge on any atom is 0.255 e. The molecule has 0 unspecified atom stereocenters. The lowest BCUT2D eigenvalue weighted by Gasteiger charge is -2.19. The zero-order chi connectivity index (χ0) is 19.9. The molecule has 0 bridgehead atoms. The van der Waals surface area contributed by atoms with Crippen molar-refractivity contribution in [2.24, 2.45) is 0 Å². The van der Waals surface area contributed by atoms with Crippen molar-refractivity contribution in [2.45, 2.75) is 25.3 Å². The zero-order valence-electron chi connectivity index (χ0n) is 15.4. The fourth-order valence-electron chi connectivity index (χ4n) is 2.67. The summed E-state index contributed by atoms with van der Waals surface area (Å²) in [5.74, 6) is 0.226. The number of hydrogen-bond acceptors (Lipinski definition) is 6. The van der Waals surface area contributed by atoms with Gasteiger partial charge in [-0.1, -0.05) is 0 Å². The van der Waals surface area contributed by atoms with Crippen LogP contribution in [0, 0.1) is 0 Å². The minimum atomic E-state index is -3.52. The van der Waals surface area contributed by atoms with Gasteiger partial charge in [0, 0.05) is 12.6 Å². The smallest absolute Gasteiger partial charge is 0.255 e. The lowest BCUT2D eigenvalue weighted by Crippen LogP contribution is -2.47. The van der Waals surface area contributed by atoms with Gasteiger partial charge in [0.15, 0.2) is 0 Å². The predicted octanol–water partition coefficient (Wildman–Crippen LogP) is 0.0217. The molecule has 9 nitrogen and oxygen atoms in total. The van der Waals surface area contributed by atoms with Gasteiger partial charge in [-0.15, -0.1) is 0 Å². The Labute approximate surface area is 158 Å². The lowest BCUT2D eigenvalue weighted by atomic mass is 10.1. The van der Waals surface area contributed by atoms with Gasteiger partial charge < -0.3 is 20.1 Å². The van der Waals surface area contributed by atoms with Crippen molar-refractivity contribution in [2.75, 3.05) is 33.1 Å². The highest BCUT2D eigenvalue weighted by atomic mass is 32.2. The normalized spacial score (nSPS) is 19.7. The maximum atomic E-state index is 12.4. The van der Waals surface area contributed by atoms with E-state index in [9.17, 15) is 18.0 Å². The molecule has 1 atom stereocenters. The number of nitrogens with one attached hydrogen (secondary N) is 3. The van der Waals surface area contributed by atoms with Crippen LogP contribution in [0.5, 0.6) is 11.5 Å². The van der Waals surface area contributed by atoms with Crippen LogP contribution in [0.25, 0.3) is 0 Å². The van der Waals surface area contributed by atoms with Gasteiger partial charge in [0.1, 0.15) is 24.1 Å². The number of ether oxygens (including phenoxy) is 2. The molecule has 3 N–H and O–H groups in total. The molecule has 0 spiro atoms. The number of methoxy groups -OCH3 is 1. The molecular formula is C17H25N3O6S. The molecule has 2 rings (SSSR count). The molecule has 1 aliphatic heterocycles. The first-order valence-electron chi connectivity index (χ1n) is 8.64. The second-order valence-corrected chi connectivity index (χ2v) is 7.98. The van der Waals surface area contributed by atoms with Crippen LogP contribution < -0.4 is 24.8 Å². The molecule has 0 saturated heterocycles. The number of amides is 2. The van der Waals surface area contributed by atoms with Crippen molar-refractivity contribution < 1.29 is 27.5 Å². The molecule has 2 amide bonds. The summed E-state index contributed by atoms with van der Waals surface area (Å²) in [6, 6.07) is 4.05. The molecule has 1 aliphatic rings. The average molecular weight is 399 g/mol. The summed E-state index contributed by atoms with van der Waals surface area (Å²) in [4.78, 5) is 24.7. The Morgan fingerprint density at radius 2 is 1.96 bits per heavy atom. The average Bonchev–Trinajstić information content (AvgIpc) is 2.61. The van der Waals surface area contributed by atoms with Crippen LogP contribution in [0.3, 0.4) is 0 Å². The molecule has 10 heteroatoms. The van der Waals surface area contributed by atoms with E-state index < -0.39 is 22.0 Å². The van der Waals surface area contributed by atoms with Crippen LogP contribution in [-0.2, 0) is 14.8 Å². The van der Waals surface area contributed by atoms with Crippen LogP contribution in [0.2, 0.25) is 0 Å². The molecule has 0 aliphatic carbocycles. The summed E-state index contributed by atoms with van der Waals surface area (Å²) in [5.41, 5.74) is 0.385. The van der Waals surface area contributed by atoms with Crippen LogP contribution in [-0.4, -0.2) is 59.3 Å². The van der Waals surface area contributed by atoms with Crippen molar-refractivity contribution in [3.8, 4) is 11.5 Å². The number of carbonyl (C=O) groups is 2. The molecule has 1 aromatic carbocycles. The Morgan fingerprint density at radius 1 is 1.19 bits per heavy atom. The van der Waals surface area contributed by atoms with E-state index in [1.807, 2.05) is 0 Å². The van der Waals surface area contributed by atoms with Crippen molar-refractivity contribution in [3.05, 3.63) is 23.8 Å². The van der Waals surface area contributed by atoms with Gasteiger partial charge >= 0.3 is 0 Å². The third-order valence-corrected chi connectivity index (χ3v) is 4.68. The Morgan fingerprint density at radius 3 is 2.67 bits per heavy atom. The van der Waals surface area contributed by atoms with Gasteiger partial charge in [-0.05, 0) is 31.4 Å². The third-order valence-electron chi connectivity index (χ3n) is 3.97. The lowest BCUT2D eigenvalue weighted by molar-refractivity contribution is -0.123. The fraction of sp³-hybridized carbons (Fsp3) is 0.529. The second-order valence-electron chi connectivity index (χ2n) is 6.20. The van der Waals surface area contributed by atoms with Crippen molar-refractivity contribution in [1.82, 2.24) is 15.4 Å². The molecule has 1 heterocycles. The zero-order valence-corrected chi connectivity index (χ0v) is 16.2. The van der Waals surface area contributed by atoms with E-state index in [0.29, 0.717) is 42.9 Å². The summed E-state index contributed by atoms with van der Waals surface area (Å²) in [7, 11) is -2.00. The van der Waals surface area contributed by atoms with Gasteiger partial charge in [0.25, 0.3) is 5.91 Å². The molecular weight excluding hydrogens is 374 g/mol. The summed E-state index contributed by atoms with van der Waals surface area (Å²) >= 11 is 0. The number of benzene rings is 1. The number of fused-ring (bicyclic) bond motifs is 1. The van der Waals surface area contributed by atoms with E-state index in [0.717, 1.165) is 6.26 Å². The van der Waals surface area contributed by atoms with Gasteiger partial charge in [0.05, 0.1) is 25.5 Å². The largest absolute Gasteiger partial charge is 0.497 e.